The van der Waals surface area contributed by atoms with Gasteiger partial charge in [-0.1, -0.05) is 22.9 Å². The molecule has 0 fully saturated rings. The van der Waals surface area contributed by atoms with Crippen molar-refractivity contribution in [1.29, 1.82) is 0 Å². The van der Waals surface area contributed by atoms with Crippen LogP contribution in [-0.2, 0) is 4.79 Å². The second kappa shape index (κ2) is 6.51. The zero-order valence-corrected chi connectivity index (χ0v) is 13.1. The zero-order valence-electron chi connectivity index (χ0n) is 8.51. The molecule has 0 aliphatic carbocycles. The van der Waals surface area contributed by atoms with Gasteiger partial charge < -0.3 is 10.6 Å². The Kier molecular flexibility index (Phi) is 5.63. The van der Waals surface area contributed by atoms with E-state index >= 15 is 0 Å². The van der Waals surface area contributed by atoms with Crippen LogP contribution in [-0.4, -0.2) is 11.0 Å². The Hall–Kier alpha value is -0.210. The molecule has 2 N–H and O–H groups in total. The second-order valence-corrected chi connectivity index (χ2v) is 5.47. The molecule has 1 amide bonds. The van der Waals surface area contributed by atoms with Crippen molar-refractivity contribution >= 4 is 67.4 Å². The summed E-state index contributed by atoms with van der Waals surface area (Å²) >= 11 is 10.6. The van der Waals surface area contributed by atoms with Gasteiger partial charge in [-0.25, -0.2) is 0 Å². The molecule has 3 nitrogen and oxygen atoms in total. The molecule has 1 rings (SSSR count). The quantitative estimate of drug-likeness (QED) is 0.578. The third-order valence-electron chi connectivity index (χ3n) is 1.75. The first-order valence-electron chi connectivity index (χ1n) is 4.58. The van der Waals surface area contributed by atoms with E-state index in [-0.39, 0.29) is 5.91 Å². The predicted octanol–water partition coefficient (Wildman–Crippen LogP) is 3.28. The number of rotatable bonds is 2. The van der Waals surface area contributed by atoms with E-state index in [4.69, 9.17) is 12.2 Å². The van der Waals surface area contributed by atoms with Crippen molar-refractivity contribution in [2.45, 2.75) is 13.3 Å². The Morgan fingerprint density at radius 3 is 2.81 bits per heavy atom. The number of carbonyl (C=O) groups is 1. The van der Waals surface area contributed by atoms with Crippen molar-refractivity contribution < 1.29 is 4.79 Å². The third-order valence-corrected chi connectivity index (χ3v) is 3.34. The standard InChI is InChI=1S/C10H10BrIN2OS/c1-2-9(15)14-10(16)13-8-4-3-6(11)5-7(8)12/h3-5H,2H2,1H3,(H2,13,14,15,16). The fraction of sp³-hybridized carbons (Fsp3) is 0.200. The van der Waals surface area contributed by atoms with Gasteiger partial charge in [-0.05, 0) is 53.0 Å². The van der Waals surface area contributed by atoms with E-state index in [1.54, 1.807) is 6.92 Å². The SMILES string of the molecule is CCC(=O)NC(=S)Nc1ccc(Br)cc1I. The Morgan fingerprint density at radius 1 is 1.56 bits per heavy atom. The molecular weight excluding hydrogens is 403 g/mol. The van der Waals surface area contributed by atoms with Gasteiger partial charge in [-0.3, -0.25) is 4.79 Å². The van der Waals surface area contributed by atoms with Crippen LogP contribution in [0.25, 0.3) is 0 Å². The Labute approximate surface area is 122 Å². The number of hydrogen-bond donors (Lipinski definition) is 2. The monoisotopic (exact) mass is 412 g/mol. The van der Waals surface area contributed by atoms with Gasteiger partial charge in [0.2, 0.25) is 5.91 Å². The van der Waals surface area contributed by atoms with Gasteiger partial charge in [0.25, 0.3) is 0 Å². The number of halogens is 2. The van der Waals surface area contributed by atoms with Gasteiger partial charge in [0.15, 0.2) is 5.11 Å². The second-order valence-electron chi connectivity index (χ2n) is 2.98. The molecular formula is C10H10BrIN2OS. The Bertz CT molecular complexity index is 425. The van der Waals surface area contributed by atoms with E-state index in [1.807, 2.05) is 18.2 Å². The Morgan fingerprint density at radius 2 is 2.25 bits per heavy atom. The number of amides is 1. The molecule has 0 heterocycles. The minimum Gasteiger partial charge on any atom is -0.332 e. The number of nitrogens with one attached hydrogen (secondary N) is 2. The molecule has 16 heavy (non-hydrogen) atoms. The summed E-state index contributed by atoms with van der Waals surface area (Å²) < 4.78 is 2.03. The van der Waals surface area contributed by atoms with Gasteiger partial charge in [-0.2, -0.15) is 0 Å². The summed E-state index contributed by atoms with van der Waals surface area (Å²) in [5.74, 6) is -0.0929. The summed E-state index contributed by atoms with van der Waals surface area (Å²) in [5.41, 5.74) is 0.880. The number of thiocarbonyl (C=S) groups is 1. The maximum atomic E-state index is 11.1. The van der Waals surface area contributed by atoms with E-state index < -0.39 is 0 Å². The van der Waals surface area contributed by atoms with Crippen LogP contribution in [0.2, 0.25) is 0 Å². The number of hydrogen-bond acceptors (Lipinski definition) is 2. The fourth-order valence-corrected chi connectivity index (χ4v) is 2.62. The third kappa shape index (κ3) is 4.34. The fourth-order valence-electron chi connectivity index (χ4n) is 0.959. The molecule has 0 saturated carbocycles. The summed E-state index contributed by atoms with van der Waals surface area (Å²) in [6.07, 6.45) is 0.416. The molecule has 0 bridgehead atoms. The Balaban J connectivity index is 2.66. The highest BCUT2D eigenvalue weighted by atomic mass is 127. The first kappa shape index (κ1) is 13.9. The van der Waals surface area contributed by atoms with Crippen molar-refractivity contribution in [2.24, 2.45) is 0 Å². The highest BCUT2D eigenvalue weighted by Crippen LogP contribution is 2.22. The lowest BCUT2D eigenvalue weighted by Crippen LogP contribution is -2.33. The van der Waals surface area contributed by atoms with E-state index in [1.165, 1.54) is 0 Å². The van der Waals surface area contributed by atoms with Gasteiger partial charge in [0.05, 0.1) is 5.69 Å². The molecule has 0 spiro atoms. The van der Waals surface area contributed by atoms with E-state index in [2.05, 4.69) is 49.2 Å². The van der Waals surface area contributed by atoms with Gasteiger partial charge >= 0.3 is 0 Å². The van der Waals surface area contributed by atoms with E-state index in [9.17, 15) is 4.79 Å². The molecule has 0 aliphatic rings. The average Bonchev–Trinajstić information content (AvgIpc) is 2.22. The summed E-state index contributed by atoms with van der Waals surface area (Å²) in [6.45, 7) is 1.78. The molecule has 86 valence electrons. The lowest BCUT2D eigenvalue weighted by atomic mass is 10.3. The lowest BCUT2D eigenvalue weighted by molar-refractivity contribution is -0.119. The van der Waals surface area contributed by atoms with Crippen LogP contribution in [0.5, 0.6) is 0 Å². The van der Waals surface area contributed by atoms with Crippen molar-refractivity contribution in [3.8, 4) is 0 Å². The van der Waals surface area contributed by atoms with Crippen LogP contribution in [0, 0.1) is 3.57 Å². The van der Waals surface area contributed by atoms with Crippen molar-refractivity contribution in [2.75, 3.05) is 5.32 Å². The van der Waals surface area contributed by atoms with Crippen LogP contribution in [0.15, 0.2) is 22.7 Å². The minimum atomic E-state index is -0.0929. The summed E-state index contributed by atoms with van der Waals surface area (Å²) in [5, 5.41) is 5.89. The number of carbonyl (C=O) groups excluding carboxylic acids is 1. The van der Waals surface area contributed by atoms with Crippen molar-refractivity contribution in [3.05, 3.63) is 26.2 Å². The zero-order chi connectivity index (χ0) is 12.1. The van der Waals surface area contributed by atoms with Crippen LogP contribution in [0.1, 0.15) is 13.3 Å². The highest BCUT2D eigenvalue weighted by molar-refractivity contribution is 14.1. The number of benzene rings is 1. The van der Waals surface area contributed by atoms with Crippen LogP contribution >= 0.6 is 50.7 Å². The normalized spacial score (nSPS) is 9.69. The van der Waals surface area contributed by atoms with E-state index in [0.717, 1.165) is 13.7 Å². The first-order valence-corrected chi connectivity index (χ1v) is 6.86. The number of anilines is 1. The van der Waals surface area contributed by atoms with Gasteiger partial charge in [0, 0.05) is 14.5 Å². The molecule has 1 aromatic carbocycles. The van der Waals surface area contributed by atoms with Crippen LogP contribution in [0.3, 0.4) is 0 Å². The lowest BCUT2D eigenvalue weighted by Gasteiger charge is -2.10. The molecule has 6 heteroatoms. The maximum absolute atomic E-state index is 11.1. The molecule has 0 unspecified atom stereocenters. The van der Waals surface area contributed by atoms with E-state index in [0.29, 0.717) is 11.5 Å². The largest absolute Gasteiger partial charge is 0.332 e. The highest BCUT2D eigenvalue weighted by Gasteiger charge is 2.05. The van der Waals surface area contributed by atoms with Crippen LogP contribution < -0.4 is 10.6 Å². The minimum absolute atomic E-state index is 0.0929. The van der Waals surface area contributed by atoms with Crippen LogP contribution in [0.4, 0.5) is 5.69 Å². The topological polar surface area (TPSA) is 41.1 Å². The molecule has 0 aliphatic heterocycles. The average molecular weight is 413 g/mol. The first-order chi connectivity index (χ1) is 7.52. The maximum Gasteiger partial charge on any atom is 0.225 e. The molecule has 0 atom stereocenters. The molecule has 0 aromatic heterocycles. The molecule has 1 aromatic rings. The molecule has 0 radical (unpaired) electrons. The van der Waals surface area contributed by atoms with Gasteiger partial charge in [0.1, 0.15) is 0 Å². The van der Waals surface area contributed by atoms with Crippen molar-refractivity contribution in [1.82, 2.24) is 5.32 Å². The summed E-state index contributed by atoms with van der Waals surface area (Å²) in [6, 6.07) is 5.78. The molecule has 0 saturated heterocycles. The smallest absolute Gasteiger partial charge is 0.225 e. The summed E-state index contributed by atoms with van der Waals surface area (Å²) in [7, 11) is 0. The van der Waals surface area contributed by atoms with Gasteiger partial charge in [-0.15, -0.1) is 0 Å². The summed E-state index contributed by atoms with van der Waals surface area (Å²) in [4.78, 5) is 11.1. The van der Waals surface area contributed by atoms with Crippen molar-refractivity contribution in [3.63, 3.8) is 0 Å². The predicted molar refractivity (Wildman–Crippen MR) is 81.5 cm³/mol.